The topological polar surface area (TPSA) is 62.4 Å². The molecule has 0 aromatic carbocycles. The van der Waals surface area contributed by atoms with Crippen LogP contribution < -0.4 is 16.6 Å². The Hall–Kier alpha value is -0.770. The van der Waals surface area contributed by atoms with Gasteiger partial charge in [0.05, 0.1) is 6.04 Å². The third kappa shape index (κ3) is 4.46. The van der Waals surface area contributed by atoms with Crippen molar-refractivity contribution in [1.29, 1.82) is 0 Å². The number of hydrogen-bond acceptors (Lipinski definition) is 2. The first kappa shape index (κ1) is 11.3. The van der Waals surface area contributed by atoms with Gasteiger partial charge < -0.3 is 5.32 Å². The zero-order valence-electron chi connectivity index (χ0n) is 9.38. The second-order valence-electron chi connectivity index (χ2n) is 4.53. The highest BCUT2D eigenvalue weighted by atomic mass is 15.3. The molecule has 14 heavy (non-hydrogen) atoms. The highest BCUT2D eigenvalue weighted by molar-refractivity contribution is 5.79. The molecule has 1 aliphatic carbocycles. The molecule has 1 atom stereocenters. The Labute approximate surface area is 86.3 Å². The van der Waals surface area contributed by atoms with Crippen LogP contribution in [-0.2, 0) is 0 Å². The van der Waals surface area contributed by atoms with Crippen LogP contribution >= 0.6 is 0 Å². The zero-order chi connectivity index (χ0) is 10.6. The molecule has 4 N–H and O–H groups in total. The third-order valence-corrected chi connectivity index (χ3v) is 2.20. The molecule has 0 aromatic rings. The van der Waals surface area contributed by atoms with Crippen LogP contribution in [0.25, 0.3) is 0 Å². The molecule has 1 rings (SSSR count). The number of rotatable bonds is 4. The Bertz CT molecular complexity index is 196. The number of hydrazine groups is 1. The largest absolute Gasteiger partial charge is 0.353 e. The van der Waals surface area contributed by atoms with E-state index in [0.717, 1.165) is 12.4 Å². The standard InChI is InChI=1S/C10H22N4/c1-7(2)6-8(3)12-10(14-11)13-9-4-5-9/h7-9H,4-6,11H2,1-3H3,(H2,12,13,14). The maximum Gasteiger partial charge on any atom is 0.206 e. The Morgan fingerprint density at radius 2 is 2.07 bits per heavy atom. The van der Waals surface area contributed by atoms with Gasteiger partial charge in [-0.3, -0.25) is 5.43 Å². The van der Waals surface area contributed by atoms with Gasteiger partial charge in [0.1, 0.15) is 0 Å². The summed E-state index contributed by atoms with van der Waals surface area (Å²) in [6, 6.07) is 0.920. The van der Waals surface area contributed by atoms with Crippen molar-refractivity contribution in [3.8, 4) is 0 Å². The highest BCUT2D eigenvalue weighted by Gasteiger charge is 2.21. The lowest BCUT2D eigenvalue weighted by molar-refractivity contribution is 0.486. The Morgan fingerprint density at radius 1 is 1.43 bits per heavy atom. The zero-order valence-corrected chi connectivity index (χ0v) is 9.38. The van der Waals surface area contributed by atoms with Crippen molar-refractivity contribution in [3.05, 3.63) is 0 Å². The van der Waals surface area contributed by atoms with Crippen LogP contribution in [0.2, 0.25) is 0 Å². The van der Waals surface area contributed by atoms with E-state index in [4.69, 9.17) is 5.84 Å². The van der Waals surface area contributed by atoms with Gasteiger partial charge in [0.25, 0.3) is 0 Å². The second kappa shape index (κ2) is 5.20. The molecule has 0 saturated heterocycles. The second-order valence-corrected chi connectivity index (χ2v) is 4.53. The van der Waals surface area contributed by atoms with Crippen molar-refractivity contribution in [3.63, 3.8) is 0 Å². The molecule has 0 heterocycles. The molecule has 0 aliphatic heterocycles. The number of nitrogens with zero attached hydrogens (tertiary/aromatic N) is 1. The lowest BCUT2D eigenvalue weighted by atomic mass is 10.1. The van der Waals surface area contributed by atoms with Crippen molar-refractivity contribution in [2.75, 3.05) is 0 Å². The molecule has 0 aromatic heterocycles. The first-order valence-corrected chi connectivity index (χ1v) is 5.42. The number of guanidine groups is 1. The SMILES string of the molecule is CC(C)CC(C)NC(=NC1CC1)NN. The average Bonchev–Trinajstić information content (AvgIpc) is 2.85. The summed E-state index contributed by atoms with van der Waals surface area (Å²) in [5, 5.41) is 3.28. The molecule has 0 spiro atoms. The van der Waals surface area contributed by atoms with Crippen molar-refractivity contribution >= 4 is 5.96 Å². The number of nitrogens with two attached hydrogens (primary N) is 1. The van der Waals surface area contributed by atoms with Crippen LogP contribution in [0.5, 0.6) is 0 Å². The molecule has 0 amide bonds. The molecule has 0 radical (unpaired) electrons. The van der Waals surface area contributed by atoms with Gasteiger partial charge in [0.2, 0.25) is 5.96 Å². The van der Waals surface area contributed by atoms with Gasteiger partial charge in [-0.1, -0.05) is 13.8 Å². The molecule has 1 unspecified atom stereocenters. The summed E-state index contributed by atoms with van der Waals surface area (Å²) in [5.41, 5.74) is 2.62. The van der Waals surface area contributed by atoms with Gasteiger partial charge in [-0.2, -0.15) is 0 Å². The van der Waals surface area contributed by atoms with E-state index >= 15 is 0 Å². The lowest BCUT2D eigenvalue weighted by Crippen LogP contribution is -2.46. The van der Waals surface area contributed by atoms with Gasteiger partial charge in [-0.05, 0) is 32.1 Å². The highest BCUT2D eigenvalue weighted by Crippen LogP contribution is 2.23. The van der Waals surface area contributed by atoms with Crippen LogP contribution in [0.4, 0.5) is 0 Å². The molecule has 1 fully saturated rings. The van der Waals surface area contributed by atoms with Crippen molar-refractivity contribution in [1.82, 2.24) is 10.7 Å². The van der Waals surface area contributed by atoms with Gasteiger partial charge in [-0.25, -0.2) is 10.8 Å². The predicted octanol–water partition coefficient (Wildman–Crippen LogP) is 0.992. The summed E-state index contributed by atoms with van der Waals surface area (Å²) in [6.45, 7) is 6.58. The smallest absolute Gasteiger partial charge is 0.206 e. The predicted molar refractivity (Wildman–Crippen MR) is 59.8 cm³/mol. The maximum absolute atomic E-state index is 5.38. The number of nitrogens with one attached hydrogen (secondary N) is 2. The minimum absolute atomic E-state index is 0.420. The Morgan fingerprint density at radius 3 is 2.50 bits per heavy atom. The summed E-state index contributed by atoms with van der Waals surface area (Å²) in [4.78, 5) is 4.42. The summed E-state index contributed by atoms with van der Waals surface area (Å²) < 4.78 is 0. The van der Waals surface area contributed by atoms with E-state index < -0.39 is 0 Å². The molecule has 1 aliphatic rings. The van der Waals surface area contributed by atoms with E-state index in [-0.39, 0.29) is 0 Å². The summed E-state index contributed by atoms with van der Waals surface area (Å²) in [7, 11) is 0. The fraction of sp³-hybridized carbons (Fsp3) is 0.900. The lowest BCUT2D eigenvalue weighted by Gasteiger charge is -2.18. The summed E-state index contributed by atoms with van der Waals surface area (Å²) >= 11 is 0. The van der Waals surface area contributed by atoms with E-state index in [1.807, 2.05) is 0 Å². The minimum atomic E-state index is 0.420. The van der Waals surface area contributed by atoms with Crippen molar-refractivity contribution in [2.24, 2.45) is 16.8 Å². The first-order chi connectivity index (χ1) is 6.61. The molecule has 1 saturated carbocycles. The quantitative estimate of drug-likeness (QED) is 0.273. The first-order valence-electron chi connectivity index (χ1n) is 5.42. The fourth-order valence-corrected chi connectivity index (χ4v) is 1.50. The van der Waals surface area contributed by atoms with Gasteiger partial charge in [-0.15, -0.1) is 0 Å². The van der Waals surface area contributed by atoms with E-state index in [2.05, 4.69) is 36.5 Å². The van der Waals surface area contributed by atoms with Crippen LogP contribution in [0.3, 0.4) is 0 Å². The molecule has 82 valence electrons. The molecular formula is C10H22N4. The van der Waals surface area contributed by atoms with Crippen molar-refractivity contribution in [2.45, 2.75) is 52.1 Å². The van der Waals surface area contributed by atoms with Gasteiger partial charge in [0, 0.05) is 6.04 Å². The molecule has 4 heteroatoms. The van der Waals surface area contributed by atoms with Crippen LogP contribution in [0.1, 0.15) is 40.0 Å². The van der Waals surface area contributed by atoms with Gasteiger partial charge in [0.15, 0.2) is 0 Å². The molecule has 4 nitrogen and oxygen atoms in total. The van der Waals surface area contributed by atoms with Gasteiger partial charge >= 0.3 is 0 Å². The Balaban J connectivity index is 2.31. The van der Waals surface area contributed by atoms with Crippen LogP contribution in [0.15, 0.2) is 4.99 Å². The molecular weight excluding hydrogens is 176 g/mol. The monoisotopic (exact) mass is 198 g/mol. The van der Waals surface area contributed by atoms with E-state index in [1.54, 1.807) is 0 Å². The summed E-state index contributed by atoms with van der Waals surface area (Å²) in [5.74, 6) is 6.81. The Kier molecular flexibility index (Phi) is 4.20. The van der Waals surface area contributed by atoms with E-state index in [9.17, 15) is 0 Å². The number of aliphatic imine (C=N–C) groups is 1. The van der Waals surface area contributed by atoms with E-state index in [0.29, 0.717) is 18.0 Å². The van der Waals surface area contributed by atoms with E-state index in [1.165, 1.54) is 12.8 Å². The number of hydrogen-bond donors (Lipinski definition) is 3. The fourth-order valence-electron chi connectivity index (χ4n) is 1.50. The molecule has 0 bridgehead atoms. The summed E-state index contributed by atoms with van der Waals surface area (Å²) in [6.07, 6.45) is 3.53. The third-order valence-electron chi connectivity index (χ3n) is 2.20. The van der Waals surface area contributed by atoms with Crippen LogP contribution in [0, 0.1) is 5.92 Å². The average molecular weight is 198 g/mol. The minimum Gasteiger partial charge on any atom is -0.353 e. The normalized spacial score (nSPS) is 19.6. The van der Waals surface area contributed by atoms with Crippen molar-refractivity contribution < 1.29 is 0 Å². The van der Waals surface area contributed by atoms with Crippen LogP contribution in [-0.4, -0.2) is 18.0 Å². The maximum atomic E-state index is 5.38.